The van der Waals surface area contributed by atoms with Gasteiger partial charge in [0.2, 0.25) is 0 Å². The fraction of sp³-hybridized carbons (Fsp3) is 0.538. The van der Waals surface area contributed by atoms with Gasteiger partial charge >= 0.3 is 0 Å². The van der Waals surface area contributed by atoms with Crippen LogP contribution in [-0.4, -0.2) is 133 Å². The van der Waals surface area contributed by atoms with Crippen molar-refractivity contribution in [2.75, 3.05) is 99.1 Å². The fourth-order valence-corrected chi connectivity index (χ4v) is 6.32. The molecular weight excluding hydrogens is 1060 g/mol. The van der Waals surface area contributed by atoms with Gasteiger partial charge in [-0.25, -0.2) is 0 Å². The van der Waals surface area contributed by atoms with E-state index in [9.17, 15) is 8.42 Å². The summed E-state index contributed by atoms with van der Waals surface area (Å²) in [6.45, 7) is 13.1. The third kappa shape index (κ3) is 42.0. The molecule has 0 aromatic heterocycles. The number of nitrogens with zero attached hydrogens (tertiary/aromatic N) is 2. The van der Waals surface area contributed by atoms with E-state index >= 15 is 0 Å². The molecule has 400 valence electrons. The van der Waals surface area contributed by atoms with Gasteiger partial charge in [0.15, 0.2) is 0 Å². The summed E-state index contributed by atoms with van der Waals surface area (Å²) < 4.78 is 42.4. The molecule has 18 heteroatoms. The average molecular weight is 1150 g/mol. The number of aryl methyl sites for hydroxylation is 4. The number of nitrogens with two attached hydrogens (primary N) is 1. The van der Waals surface area contributed by atoms with Crippen molar-refractivity contribution < 1.29 is 42.1 Å². The summed E-state index contributed by atoms with van der Waals surface area (Å²) >= 11 is 26.5. The minimum Gasteiger partial charge on any atom is -0.508 e. The van der Waals surface area contributed by atoms with E-state index in [1.54, 1.807) is 30.3 Å². The molecule has 4 rings (SSSR count). The number of phenolic OH excluding ortho intramolecular Hbond substituents is 1. The minimum absolute atomic E-state index is 0.130. The molecule has 0 heterocycles. The summed E-state index contributed by atoms with van der Waals surface area (Å²) in [4.78, 5) is 4.37. The van der Waals surface area contributed by atoms with Crippen molar-refractivity contribution in [2.45, 2.75) is 85.5 Å². The van der Waals surface area contributed by atoms with Crippen LogP contribution in [0.2, 0.25) is 20.1 Å². The number of unbranched alkanes of at least 4 members (excludes halogenated alkanes) is 4. The summed E-state index contributed by atoms with van der Waals surface area (Å²) in [5.41, 5.74) is 9.17. The number of benzene rings is 4. The van der Waals surface area contributed by atoms with E-state index < -0.39 is 10.1 Å². The molecule has 0 amide bonds. The predicted molar refractivity (Wildman–Crippen MR) is 299 cm³/mol. The monoisotopic (exact) mass is 1140 g/mol. The number of aliphatic hydroxyl groups excluding tert-OH is 2. The van der Waals surface area contributed by atoms with Gasteiger partial charge < -0.3 is 45.1 Å². The first kappa shape index (κ1) is 69.5. The second-order valence-corrected chi connectivity index (χ2v) is 20.5. The second kappa shape index (κ2) is 44.0. The zero-order chi connectivity index (χ0) is 53.3. The average Bonchev–Trinajstić information content (AvgIpc) is 3.29. The van der Waals surface area contributed by atoms with Gasteiger partial charge in [-0.1, -0.05) is 81.6 Å². The number of aromatic hydroxyl groups is 1. The molecule has 4 aromatic carbocycles. The Morgan fingerprint density at radius 2 is 0.900 bits per heavy atom. The Labute approximate surface area is 449 Å². The quantitative estimate of drug-likeness (QED) is 0.0299. The molecule has 0 spiro atoms. The molecule has 0 saturated heterocycles. The van der Waals surface area contributed by atoms with Crippen LogP contribution in [-0.2, 0) is 14.3 Å². The predicted octanol–water partition coefficient (Wildman–Crippen LogP) is 12.4. The van der Waals surface area contributed by atoms with Gasteiger partial charge in [0, 0.05) is 51.5 Å². The SMILES string of the molecule is CN(C)CCCN.Cc1cc(O)ccc1Cl.Cc1cc(OCCCCCCCN(C)C)ccc1Cl.Cc1cc(OCCCO)ccc1Cl.Cc1cc(OCCCOS(C)(=O)=O)ccc1Cl.OCCCBr. The number of alkyl halides is 1. The first-order valence-corrected chi connectivity index (χ1v) is 27.8. The highest BCUT2D eigenvalue weighted by Gasteiger charge is 2.03. The van der Waals surface area contributed by atoms with E-state index in [0.717, 1.165) is 94.3 Å². The maximum atomic E-state index is 10.7. The van der Waals surface area contributed by atoms with Crippen molar-refractivity contribution in [3.8, 4) is 23.0 Å². The van der Waals surface area contributed by atoms with Crippen LogP contribution in [0.25, 0.3) is 0 Å². The van der Waals surface area contributed by atoms with Gasteiger partial charge in [0.1, 0.15) is 23.0 Å². The minimum atomic E-state index is -3.35. The highest BCUT2D eigenvalue weighted by atomic mass is 79.9. The van der Waals surface area contributed by atoms with Crippen molar-refractivity contribution in [3.63, 3.8) is 0 Å². The molecule has 0 aliphatic heterocycles. The van der Waals surface area contributed by atoms with E-state index in [2.05, 4.69) is 58.1 Å². The number of rotatable bonds is 24. The lowest BCUT2D eigenvalue weighted by molar-refractivity contribution is 0.233. The maximum Gasteiger partial charge on any atom is 0.264 e. The second-order valence-electron chi connectivity index (χ2n) is 16.5. The summed E-state index contributed by atoms with van der Waals surface area (Å²) in [6, 6.07) is 21.6. The van der Waals surface area contributed by atoms with Crippen LogP contribution in [0.15, 0.2) is 72.8 Å². The number of hydrogen-bond donors (Lipinski definition) is 4. The molecular formula is C52H82BrCl4N3O9S. The number of phenols is 1. The molecule has 0 saturated carbocycles. The number of halogens is 5. The van der Waals surface area contributed by atoms with E-state index in [1.165, 1.54) is 32.2 Å². The molecule has 0 radical (unpaired) electrons. The van der Waals surface area contributed by atoms with Gasteiger partial charge in [-0.05, 0) is 196 Å². The standard InChI is InChI=1S/C16H26ClNO.C11H15ClO4S.C10H13ClO2.C7H7ClO.C5H14N2.C3H7BrO/c1-14-13-15(9-10-16(14)17)19-12-8-6-4-5-7-11-18(2)3;1-9-8-10(4-5-11(9)12)15-6-3-7-16-17(2,13)14;1-8-7-9(3-4-10(8)11)13-6-2-5-12;1-5-4-6(9)2-3-7(5)8;1-7(2)5-3-4-6;4-2-1-3-5/h9-10,13H,4-8,11-12H2,1-3H3;4-5,8H,3,6-7H2,1-2H3;3-4,7,12H,2,5-6H2,1H3;2-4,9H,1H3;3-6H2,1-2H3;5H,1-3H2. The normalized spacial score (nSPS) is 10.5. The van der Waals surface area contributed by atoms with Crippen molar-refractivity contribution in [1.29, 1.82) is 0 Å². The molecule has 0 atom stereocenters. The molecule has 5 N–H and O–H groups in total. The number of aliphatic hydroxyl groups is 2. The molecule has 0 unspecified atom stereocenters. The summed E-state index contributed by atoms with van der Waals surface area (Å²) in [6.07, 6.45) is 10.4. The highest BCUT2D eigenvalue weighted by molar-refractivity contribution is 9.09. The summed E-state index contributed by atoms with van der Waals surface area (Å²) in [7, 11) is 5.00. The topological polar surface area (TPSA) is 164 Å². The zero-order valence-electron chi connectivity index (χ0n) is 42.9. The van der Waals surface area contributed by atoms with E-state index in [0.29, 0.717) is 48.5 Å². The van der Waals surface area contributed by atoms with Crippen LogP contribution >= 0.6 is 62.3 Å². The number of ether oxygens (including phenoxy) is 3. The lowest BCUT2D eigenvalue weighted by Gasteiger charge is -2.09. The van der Waals surface area contributed by atoms with Gasteiger partial charge in [-0.3, -0.25) is 4.18 Å². The fourth-order valence-electron chi connectivity index (χ4n) is 5.18. The van der Waals surface area contributed by atoms with Crippen LogP contribution in [0.3, 0.4) is 0 Å². The first-order valence-electron chi connectivity index (χ1n) is 23.3. The highest BCUT2D eigenvalue weighted by Crippen LogP contribution is 2.23. The molecule has 0 bridgehead atoms. The third-order valence-corrected chi connectivity index (χ3v) is 11.9. The van der Waals surface area contributed by atoms with Gasteiger partial charge in [0.05, 0.1) is 32.7 Å². The van der Waals surface area contributed by atoms with Crippen LogP contribution in [0.5, 0.6) is 23.0 Å². The van der Waals surface area contributed by atoms with E-state index in [-0.39, 0.29) is 19.0 Å². The zero-order valence-corrected chi connectivity index (χ0v) is 48.4. The van der Waals surface area contributed by atoms with Crippen molar-refractivity contribution in [2.24, 2.45) is 5.73 Å². The Morgan fingerprint density at radius 3 is 1.23 bits per heavy atom. The Kier molecular flexibility index (Phi) is 43.7. The van der Waals surface area contributed by atoms with Crippen LogP contribution in [0.1, 0.15) is 80.0 Å². The summed E-state index contributed by atoms with van der Waals surface area (Å²) in [5, 5.41) is 29.3. The van der Waals surface area contributed by atoms with Crippen molar-refractivity contribution in [3.05, 3.63) is 115 Å². The molecule has 4 aromatic rings. The molecule has 0 fully saturated rings. The first-order chi connectivity index (χ1) is 33.1. The lowest BCUT2D eigenvalue weighted by Crippen LogP contribution is -2.16. The largest absolute Gasteiger partial charge is 0.508 e. The summed E-state index contributed by atoms with van der Waals surface area (Å²) in [5.74, 6) is 2.70. The maximum absolute atomic E-state index is 10.7. The van der Waals surface area contributed by atoms with E-state index in [4.69, 9.17) is 81.7 Å². The van der Waals surface area contributed by atoms with Crippen LogP contribution in [0.4, 0.5) is 0 Å². The van der Waals surface area contributed by atoms with Crippen molar-refractivity contribution in [1.82, 2.24) is 9.80 Å². The molecule has 0 aliphatic rings. The van der Waals surface area contributed by atoms with Gasteiger partial charge in [0.25, 0.3) is 10.1 Å². The van der Waals surface area contributed by atoms with Crippen LogP contribution < -0.4 is 19.9 Å². The Morgan fingerprint density at radius 1 is 0.529 bits per heavy atom. The lowest BCUT2D eigenvalue weighted by atomic mass is 10.1. The van der Waals surface area contributed by atoms with E-state index in [1.807, 2.05) is 70.2 Å². The Bertz CT molecular complexity index is 2040. The Balaban J connectivity index is 0. The smallest absolute Gasteiger partial charge is 0.264 e. The molecule has 12 nitrogen and oxygen atoms in total. The third-order valence-electron chi connectivity index (χ3n) is 9.08. The Hall–Kier alpha value is -2.57. The van der Waals surface area contributed by atoms with Crippen molar-refractivity contribution >= 4 is 72.5 Å². The number of hydrogen-bond acceptors (Lipinski definition) is 12. The molecule has 0 aliphatic carbocycles. The van der Waals surface area contributed by atoms with Gasteiger partial charge in [-0.2, -0.15) is 8.42 Å². The van der Waals surface area contributed by atoms with Crippen LogP contribution in [0, 0.1) is 27.7 Å². The molecule has 70 heavy (non-hydrogen) atoms. The van der Waals surface area contributed by atoms with Gasteiger partial charge in [-0.15, -0.1) is 0 Å².